The van der Waals surface area contributed by atoms with Crippen LogP contribution in [0.15, 0.2) is 6.07 Å². The van der Waals surface area contributed by atoms with Crippen molar-refractivity contribution in [3.63, 3.8) is 0 Å². The molecule has 0 saturated heterocycles. The molecular formula is C5H3Cl3N2O2S. The summed E-state index contributed by atoms with van der Waals surface area (Å²) in [5, 5.41) is 0.158. The molecule has 72 valence electrons. The molecule has 1 rings (SSSR count). The van der Waals surface area contributed by atoms with Crippen LogP contribution in [0.1, 0.15) is 5.82 Å². The average molecular weight is 262 g/mol. The third-order valence-corrected chi connectivity index (χ3v) is 2.33. The highest BCUT2D eigenvalue weighted by molar-refractivity contribution is 8.13. The van der Waals surface area contributed by atoms with Gasteiger partial charge >= 0.3 is 0 Å². The van der Waals surface area contributed by atoms with Gasteiger partial charge in [0, 0.05) is 16.7 Å². The van der Waals surface area contributed by atoms with Crippen LogP contribution < -0.4 is 0 Å². The van der Waals surface area contributed by atoms with Gasteiger partial charge in [-0.25, -0.2) is 18.4 Å². The lowest BCUT2D eigenvalue weighted by atomic mass is 10.6. The van der Waals surface area contributed by atoms with E-state index in [0.29, 0.717) is 0 Å². The SMILES string of the molecule is O=S(=O)(Cl)Cc1nc(Cl)cc(Cl)n1. The first-order valence-electron chi connectivity index (χ1n) is 2.98. The summed E-state index contributed by atoms with van der Waals surface area (Å²) in [6, 6.07) is 1.30. The lowest BCUT2D eigenvalue weighted by molar-refractivity contribution is 0.607. The van der Waals surface area contributed by atoms with Gasteiger partial charge in [0.05, 0.1) is 0 Å². The smallest absolute Gasteiger partial charge is 0.220 e. The zero-order valence-corrected chi connectivity index (χ0v) is 9.12. The largest absolute Gasteiger partial charge is 0.239 e. The summed E-state index contributed by atoms with van der Waals surface area (Å²) in [7, 11) is 1.30. The summed E-state index contributed by atoms with van der Waals surface area (Å²) in [6.07, 6.45) is 0. The van der Waals surface area contributed by atoms with Gasteiger partial charge in [0.2, 0.25) is 9.05 Å². The van der Waals surface area contributed by atoms with Gasteiger partial charge in [-0.1, -0.05) is 23.2 Å². The molecule has 0 bridgehead atoms. The Labute approximate surface area is 89.3 Å². The predicted molar refractivity (Wildman–Crippen MR) is 50.5 cm³/mol. The molecule has 1 aromatic rings. The van der Waals surface area contributed by atoms with E-state index in [9.17, 15) is 8.42 Å². The Morgan fingerprint density at radius 1 is 1.23 bits per heavy atom. The second kappa shape index (κ2) is 3.96. The van der Waals surface area contributed by atoms with Crippen LogP contribution in [0.2, 0.25) is 10.3 Å². The van der Waals surface area contributed by atoms with Crippen LogP contribution in [0.25, 0.3) is 0 Å². The minimum atomic E-state index is -3.68. The summed E-state index contributed by atoms with van der Waals surface area (Å²) in [4.78, 5) is 7.25. The molecule has 13 heavy (non-hydrogen) atoms. The van der Waals surface area contributed by atoms with E-state index in [2.05, 4.69) is 9.97 Å². The van der Waals surface area contributed by atoms with Gasteiger partial charge in [0.25, 0.3) is 0 Å². The van der Waals surface area contributed by atoms with Crippen molar-refractivity contribution in [3.05, 3.63) is 22.2 Å². The number of nitrogens with zero attached hydrogens (tertiary/aromatic N) is 2. The molecule has 1 heterocycles. The van der Waals surface area contributed by atoms with E-state index in [4.69, 9.17) is 33.9 Å². The average Bonchev–Trinajstić information content (AvgIpc) is 1.78. The monoisotopic (exact) mass is 260 g/mol. The predicted octanol–water partition coefficient (Wildman–Crippen LogP) is 1.85. The van der Waals surface area contributed by atoms with E-state index < -0.39 is 14.8 Å². The minimum Gasteiger partial charge on any atom is -0.220 e. The summed E-state index contributed by atoms with van der Waals surface area (Å²) < 4.78 is 21.2. The van der Waals surface area contributed by atoms with Gasteiger partial charge in [0.15, 0.2) is 0 Å². The van der Waals surface area contributed by atoms with Crippen molar-refractivity contribution < 1.29 is 8.42 Å². The maximum absolute atomic E-state index is 10.6. The van der Waals surface area contributed by atoms with Crippen molar-refractivity contribution in [3.8, 4) is 0 Å². The summed E-state index contributed by atoms with van der Waals surface area (Å²) in [5.41, 5.74) is 0. The molecular weight excluding hydrogens is 258 g/mol. The Morgan fingerprint density at radius 2 is 1.69 bits per heavy atom. The third-order valence-electron chi connectivity index (χ3n) is 1.01. The van der Waals surface area contributed by atoms with Crippen LogP contribution in [0, 0.1) is 0 Å². The van der Waals surface area contributed by atoms with Crippen molar-refractivity contribution in [1.82, 2.24) is 9.97 Å². The standard InChI is InChI=1S/C5H3Cl3N2O2S/c6-3-1-4(7)10-5(9-3)2-13(8,11)12/h1H,2H2. The molecule has 1 aromatic heterocycles. The molecule has 0 saturated carbocycles. The number of hydrogen-bond donors (Lipinski definition) is 0. The van der Waals surface area contributed by atoms with E-state index in [-0.39, 0.29) is 16.1 Å². The fraction of sp³-hybridized carbons (Fsp3) is 0.200. The first-order chi connectivity index (χ1) is 5.87. The van der Waals surface area contributed by atoms with E-state index in [0.717, 1.165) is 0 Å². The molecule has 0 aromatic carbocycles. The third kappa shape index (κ3) is 4.08. The van der Waals surface area contributed by atoms with Gasteiger partial charge < -0.3 is 0 Å². The molecule has 0 aliphatic heterocycles. The molecule has 0 radical (unpaired) electrons. The highest BCUT2D eigenvalue weighted by Gasteiger charge is 2.11. The second-order valence-electron chi connectivity index (χ2n) is 2.11. The Balaban J connectivity index is 3.03. The fourth-order valence-electron chi connectivity index (χ4n) is 0.653. The summed E-state index contributed by atoms with van der Waals surface area (Å²) >= 11 is 11.0. The number of halogens is 3. The molecule has 0 amide bonds. The van der Waals surface area contributed by atoms with Crippen LogP contribution in [0.4, 0.5) is 0 Å². The molecule has 0 unspecified atom stereocenters. The van der Waals surface area contributed by atoms with Crippen molar-refractivity contribution in [2.75, 3.05) is 0 Å². The zero-order valence-electron chi connectivity index (χ0n) is 6.04. The molecule has 0 aliphatic carbocycles. The first-order valence-corrected chi connectivity index (χ1v) is 6.21. The highest BCUT2D eigenvalue weighted by Crippen LogP contribution is 2.14. The molecule has 0 spiro atoms. The number of rotatable bonds is 2. The van der Waals surface area contributed by atoms with E-state index in [1.54, 1.807) is 0 Å². The minimum absolute atomic E-state index is 0.0208. The molecule has 0 N–H and O–H groups in total. The lowest BCUT2D eigenvalue weighted by Gasteiger charge is -1.97. The fourth-order valence-corrected chi connectivity index (χ4v) is 1.84. The first kappa shape index (κ1) is 11.0. The van der Waals surface area contributed by atoms with Crippen molar-refractivity contribution in [2.24, 2.45) is 0 Å². The number of aromatic nitrogens is 2. The quantitative estimate of drug-likeness (QED) is 0.602. The van der Waals surface area contributed by atoms with Crippen LogP contribution in [-0.4, -0.2) is 18.4 Å². The molecule has 4 nitrogen and oxygen atoms in total. The van der Waals surface area contributed by atoms with E-state index in [1.807, 2.05) is 0 Å². The van der Waals surface area contributed by atoms with Crippen LogP contribution in [0.5, 0.6) is 0 Å². The molecule has 8 heteroatoms. The topological polar surface area (TPSA) is 59.9 Å². The Hall–Kier alpha value is -0.100. The van der Waals surface area contributed by atoms with E-state index >= 15 is 0 Å². The van der Waals surface area contributed by atoms with Crippen LogP contribution >= 0.6 is 33.9 Å². The van der Waals surface area contributed by atoms with Crippen molar-refractivity contribution >= 4 is 42.9 Å². The highest BCUT2D eigenvalue weighted by atomic mass is 35.7. The van der Waals surface area contributed by atoms with Crippen molar-refractivity contribution in [2.45, 2.75) is 5.75 Å². The molecule has 0 atom stereocenters. The van der Waals surface area contributed by atoms with Gasteiger partial charge in [-0.3, -0.25) is 0 Å². The summed E-state index contributed by atoms with van der Waals surface area (Å²) in [5.74, 6) is -0.512. The van der Waals surface area contributed by atoms with Gasteiger partial charge in [-0.2, -0.15) is 0 Å². The lowest BCUT2D eigenvalue weighted by Crippen LogP contribution is -2.01. The maximum Gasteiger partial charge on any atom is 0.239 e. The van der Waals surface area contributed by atoms with Gasteiger partial charge in [-0.15, -0.1) is 0 Å². The van der Waals surface area contributed by atoms with E-state index in [1.165, 1.54) is 6.07 Å². The Kier molecular flexibility index (Phi) is 3.34. The number of hydrogen-bond acceptors (Lipinski definition) is 4. The molecule has 0 fully saturated rings. The summed E-state index contributed by atoms with van der Waals surface area (Å²) in [6.45, 7) is 0. The molecule has 0 aliphatic rings. The zero-order chi connectivity index (χ0) is 10.1. The Bertz CT molecular complexity index is 400. The van der Waals surface area contributed by atoms with Gasteiger partial charge in [-0.05, 0) is 0 Å². The van der Waals surface area contributed by atoms with Gasteiger partial charge in [0.1, 0.15) is 21.9 Å². The normalized spacial score (nSPS) is 11.6. The Morgan fingerprint density at radius 3 is 2.08 bits per heavy atom. The van der Waals surface area contributed by atoms with Crippen LogP contribution in [0.3, 0.4) is 0 Å². The maximum atomic E-state index is 10.6. The van der Waals surface area contributed by atoms with Crippen LogP contribution in [-0.2, 0) is 14.8 Å². The van der Waals surface area contributed by atoms with Crippen molar-refractivity contribution in [1.29, 1.82) is 0 Å². The second-order valence-corrected chi connectivity index (χ2v) is 5.66.